The van der Waals surface area contributed by atoms with Crippen LogP contribution in [0.5, 0.6) is 17.2 Å². The molecule has 0 unspecified atom stereocenters. The molecule has 1 amide bonds. The molecule has 0 radical (unpaired) electrons. The van der Waals surface area contributed by atoms with Crippen LogP contribution in [0.1, 0.15) is 12.5 Å². The topological polar surface area (TPSA) is 94.2 Å². The summed E-state index contributed by atoms with van der Waals surface area (Å²) in [6.45, 7) is 4.21. The Morgan fingerprint density at radius 2 is 1.83 bits per heavy atom. The van der Waals surface area contributed by atoms with Crippen LogP contribution in [0.3, 0.4) is 0 Å². The highest BCUT2D eigenvalue weighted by Gasteiger charge is 2.30. The van der Waals surface area contributed by atoms with E-state index in [0.29, 0.717) is 41.8 Å². The number of sulfonamides is 1. The highest BCUT2D eigenvalue weighted by molar-refractivity contribution is 7.92. The van der Waals surface area contributed by atoms with Crippen LogP contribution in [0.15, 0.2) is 36.4 Å². The van der Waals surface area contributed by atoms with Crippen molar-refractivity contribution in [3.8, 4) is 17.2 Å². The highest BCUT2D eigenvalue weighted by atomic mass is 32.2. The Labute approximate surface area is 170 Å². The fourth-order valence-corrected chi connectivity index (χ4v) is 4.30. The number of benzene rings is 2. The Balaban J connectivity index is 1.91. The Morgan fingerprint density at radius 1 is 1.14 bits per heavy atom. The number of aryl methyl sites for hydroxylation is 1. The lowest BCUT2D eigenvalue weighted by atomic mass is 10.2. The number of ether oxygens (including phenoxy) is 3. The summed E-state index contributed by atoms with van der Waals surface area (Å²) in [5.41, 5.74) is 1.72. The van der Waals surface area contributed by atoms with Gasteiger partial charge in [-0.2, -0.15) is 0 Å². The van der Waals surface area contributed by atoms with Crippen molar-refractivity contribution in [3.05, 3.63) is 42.0 Å². The summed E-state index contributed by atoms with van der Waals surface area (Å²) in [5.74, 6) is 0.973. The molecule has 0 saturated carbocycles. The second kappa shape index (κ2) is 8.20. The van der Waals surface area contributed by atoms with E-state index in [2.05, 4.69) is 5.32 Å². The SMILES string of the molecule is COc1ccc(C)cc1NC(=O)[C@H](C)N(c1ccc2c(c1)OCCO2)S(C)(=O)=O. The third-order valence-electron chi connectivity index (χ3n) is 4.48. The molecule has 0 bridgehead atoms. The van der Waals surface area contributed by atoms with Gasteiger partial charge < -0.3 is 19.5 Å². The fraction of sp³-hybridized carbons (Fsp3) is 0.350. The summed E-state index contributed by atoms with van der Waals surface area (Å²) < 4.78 is 42.4. The molecule has 2 aromatic rings. The lowest BCUT2D eigenvalue weighted by molar-refractivity contribution is -0.116. The van der Waals surface area contributed by atoms with Crippen LogP contribution in [-0.2, 0) is 14.8 Å². The molecule has 0 aliphatic carbocycles. The molecule has 1 atom stereocenters. The van der Waals surface area contributed by atoms with Crippen molar-refractivity contribution >= 4 is 27.3 Å². The standard InChI is InChI=1S/C20H24N2O6S/c1-13-5-7-17(26-3)16(11-13)21-20(23)14(2)22(29(4,24)25)15-6-8-18-19(12-15)28-10-9-27-18/h5-8,11-12,14H,9-10H2,1-4H3,(H,21,23)/t14-/m0/s1. The van der Waals surface area contributed by atoms with Gasteiger partial charge in [0.2, 0.25) is 15.9 Å². The predicted octanol–water partition coefficient (Wildman–Crippen LogP) is 2.57. The minimum absolute atomic E-state index is 0.315. The van der Waals surface area contributed by atoms with Gasteiger partial charge >= 0.3 is 0 Å². The summed E-state index contributed by atoms with van der Waals surface area (Å²) in [7, 11) is -2.26. The molecule has 1 N–H and O–H groups in total. The molecule has 0 aromatic heterocycles. The number of anilines is 2. The van der Waals surface area contributed by atoms with Crippen molar-refractivity contribution in [1.29, 1.82) is 0 Å². The molecule has 9 heteroatoms. The number of nitrogens with one attached hydrogen (secondary N) is 1. The molecule has 156 valence electrons. The van der Waals surface area contributed by atoms with Crippen molar-refractivity contribution in [1.82, 2.24) is 0 Å². The summed E-state index contributed by atoms with van der Waals surface area (Å²) in [6, 6.07) is 9.13. The van der Waals surface area contributed by atoms with Crippen molar-refractivity contribution in [2.75, 3.05) is 36.2 Å². The van der Waals surface area contributed by atoms with Gasteiger partial charge in [-0.25, -0.2) is 8.42 Å². The predicted molar refractivity (Wildman–Crippen MR) is 111 cm³/mol. The van der Waals surface area contributed by atoms with E-state index in [9.17, 15) is 13.2 Å². The molecule has 1 aliphatic rings. The molecule has 0 fully saturated rings. The maximum Gasteiger partial charge on any atom is 0.248 e. The van der Waals surface area contributed by atoms with E-state index < -0.39 is 22.0 Å². The average molecular weight is 420 g/mol. The minimum atomic E-state index is -3.76. The van der Waals surface area contributed by atoms with E-state index in [1.165, 1.54) is 14.0 Å². The van der Waals surface area contributed by atoms with Crippen LogP contribution in [0, 0.1) is 6.92 Å². The lowest BCUT2D eigenvalue weighted by Crippen LogP contribution is -2.45. The summed E-state index contributed by atoms with van der Waals surface area (Å²) in [4.78, 5) is 12.9. The molecular weight excluding hydrogens is 396 g/mol. The van der Waals surface area contributed by atoms with Crippen LogP contribution >= 0.6 is 0 Å². The molecule has 3 rings (SSSR count). The van der Waals surface area contributed by atoms with Crippen LogP contribution in [0.4, 0.5) is 11.4 Å². The van der Waals surface area contributed by atoms with E-state index in [4.69, 9.17) is 14.2 Å². The number of hydrogen-bond acceptors (Lipinski definition) is 6. The normalized spacial score (nSPS) is 14.1. The summed E-state index contributed by atoms with van der Waals surface area (Å²) >= 11 is 0. The number of nitrogens with zero attached hydrogens (tertiary/aromatic N) is 1. The van der Waals surface area contributed by atoms with Crippen molar-refractivity contribution < 1.29 is 27.4 Å². The van der Waals surface area contributed by atoms with Gasteiger partial charge in [0.15, 0.2) is 11.5 Å². The van der Waals surface area contributed by atoms with Crippen LogP contribution in [-0.4, -0.2) is 46.9 Å². The zero-order valence-electron chi connectivity index (χ0n) is 16.8. The number of carbonyl (C=O) groups excluding carboxylic acids is 1. The number of methoxy groups -OCH3 is 1. The van der Waals surface area contributed by atoms with Gasteiger partial charge in [0.05, 0.1) is 24.7 Å². The van der Waals surface area contributed by atoms with Crippen molar-refractivity contribution in [3.63, 3.8) is 0 Å². The van der Waals surface area contributed by atoms with Crippen molar-refractivity contribution in [2.24, 2.45) is 0 Å². The third kappa shape index (κ3) is 4.56. The zero-order chi connectivity index (χ0) is 21.2. The fourth-order valence-electron chi connectivity index (χ4n) is 3.13. The molecule has 0 spiro atoms. The van der Waals surface area contributed by atoms with E-state index in [0.717, 1.165) is 16.1 Å². The number of rotatable bonds is 6. The Bertz CT molecular complexity index is 1020. The van der Waals surface area contributed by atoms with Gasteiger partial charge in [0.25, 0.3) is 0 Å². The number of carbonyl (C=O) groups is 1. The summed E-state index contributed by atoms with van der Waals surface area (Å²) in [5, 5.41) is 2.76. The monoisotopic (exact) mass is 420 g/mol. The molecule has 8 nitrogen and oxygen atoms in total. The second-order valence-electron chi connectivity index (χ2n) is 6.76. The van der Waals surface area contributed by atoms with Crippen LogP contribution in [0.25, 0.3) is 0 Å². The minimum Gasteiger partial charge on any atom is -0.495 e. The van der Waals surface area contributed by atoms with Gasteiger partial charge in [-0.15, -0.1) is 0 Å². The Kier molecular flexibility index (Phi) is 5.88. The smallest absolute Gasteiger partial charge is 0.248 e. The van der Waals surface area contributed by atoms with Gasteiger partial charge in [-0.3, -0.25) is 9.10 Å². The maximum absolute atomic E-state index is 12.9. The molecule has 29 heavy (non-hydrogen) atoms. The molecule has 2 aromatic carbocycles. The number of amides is 1. The highest BCUT2D eigenvalue weighted by Crippen LogP contribution is 2.35. The van der Waals surface area contributed by atoms with Gasteiger partial charge in [0, 0.05) is 6.07 Å². The molecule has 1 aliphatic heterocycles. The molecule has 1 heterocycles. The second-order valence-corrected chi connectivity index (χ2v) is 8.62. The Morgan fingerprint density at radius 3 is 2.48 bits per heavy atom. The van der Waals surface area contributed by atoms with Crippen molar-refractivity contribution in [2.45, 2.75) is 19.9 Å². The lowest BCUT2D eigenvalue weighted by Gasteiger charge is -2.29. The average Bonchev–Trinajstić information content (AvgIpc) is 2.67. The molecule has 0 saturated heterocycles. The Hall–Kier alpha value is -2.94. The maximum atomic E-state index is 12.9. The largest absolute Gasteiger partial charge is 0.495 e. The van der Waals surface area contributed by atoms with Gasteiger partial charge in [-0.05, 0) is 43.7 Å². The first-order valence-corrected chi connectivity index (χ1v) is 10.9. The van der Waals surface area contributed by atoms with E-state index >= 15 is 0 Å². The van der Waals surface area contributed by atoms with Gasteiger partial charge in [0.1, 0.15) is 25.0 Å². The summed E-state index contributed by atoms with van der Waals surface area (Å²) in [6.07, 6.45) is 1.06. The first kappa shape index (κ1) is 20.8. The zero-order valence-corrected chi connectivity index (χ0v) is 17.6. The quantitative estimate of drug-likeness (QED) is 0.772. The number of fused-ring (bicyclic) bond motifs is 1. The van der Waals surface area contributed by atoms with E-state index in [1.54, 1.807) is 30.3 Å². The van der Waals surface area contributed by atoms with E-state index in [-0.39, 0.29) is 0 Å². The van der Waals surface area contributed by atoms with Gasteiger partial charge in [-0.1, -0.05) is 6.07 Å². The van der Waals surface area contributed by atoms with Crippen LogP contribution < -0.4 is 23.8 Å². The van der Waals surface area contributed by atoms with E-state index in [1.807, 2.05) is 13.0 Å². The third-order valence-corrected chi connectivity index (χ3v) is 5.72. The first-order valence-electron chi connectivity index (χ1n) is 9.05. The van der Waals surface area contributed by atoms with Crippen LogP contribution in [0.2, 0.25) is 0 Å². The first-order chi connectivity index (χ1) is 13.7. The number of hydrogen-bond donors (Lipinski definition) is 1. The molecular formula is C20H24N2O6S.